The van der Waals surface area contributed by atoms with Gasteiger partial charge in [-0.15, -0.1) is 0 Å². The summed E-state index contributed by atoms with van der Waals surface area (Å²) in [6.45, 7) is 1.49. The minimum atomic E-state index is -0.221. The van der Waals surface area contributed by atoms with Crippen molar-refractivity contribution in [3.8, 4) is 0 Å². The van der Waals surface area contributed by atoms with E-state index in [0.29, 0.717) is 24.8 Å². The van der Waals surface area contributed by atoms with E-state index in [9.17, 15) is 9.59 Å². The van der Waals surface area contributed by atoms with Crippen LogP contribution in [0.1, 0.15) is 44.9 Å². The fourth-order valence-corrected chi connectivity index (χ4v) is 3.29. The average molecular weight is 250 g/mol. The predicted molar refractivity (Wildman–Crippen MR) is 67.8 cm³/mol. The molecule has 100 valence electrons. The zero-order valence-electron chi connectivity index (χ0n) is 10.9. The van der Waals surface area contributed by atoms with Crippen LogP contribution in [0.25, 0.3) is 0 Å². The zero-order chi connectivity index (χ0) is 12.5. The number of carbonyl (C=O) groups excluding carboxylic acids is 2. The summed E-state index contributed by atoms with van der Waals surface area (Å²) in [5.41, 5.74) is 0. The van der Waals surface area contributed by atoms with E-state index in [0.717, 1.165) is 19.4 Å². The van der Waals surface area contributed by atoms with Crippen LogP contribution in [-0.4, -0.2) is 35.8 Å². The van der Waals surface area contributed by atoms with Gasteiger partial charge in [-0.05, 0) is 37.5 Å². The van der Waals surface area contributed by atoms with E-state index in [4.69, 9.17) is 0 Å². The molecule has 1 heterocycles. The van der Waals surface area contributed by atoms with E-state index in [1.54, 1.807) is 0 Å². The molecule has 4 heteroatoms. The molecule has 0 spiro atoms. The number of hydrogen-bond donors (Lipinski definition) is 1. The molecule has 0 radical (unpaired) electrons. The molecule has 0 aromatic heterocycles. The third-order valence-electron chi connectivity index (χ3n) is 4.55. The molecule has 1 unspecified atom stereocenters. The summed E-state index contributed by atoms with van der Waals surface area (Å²) in [4.78, 5) is 26.1. The molecular weight excluding hydrogens is 228 g/mol. The highest BCUT2D eigenvalue weighted by atomic mass is 16.2. The maximum atomic E-state index is 12.5. The van der Waals surface area contributed by atoms with Crippen LogP contribution >= 0.6 is 0 Å². The van der Waals surface area contributed by atoms with E-state index in [1.807, 2.05) is 4.90 Å². The Morgan fingerprint density at radius 1 is 1.11 bits per heavy atom. The molecule has 1 saturated heterocycles. The number of amides is 2. The zero-order valence-corrected chi connectivity index (χ0v) is 10.9. The summed E-state index contributed by atoms with van der Waals surface area (Å²) in [6.07, 6.45) is 7.76. The van der Waals surface area contributed by atoms with Crippen molar-refractivity contribution in [1.82, 2.24) is 10.2 Å². The topological polar surface area (TPSA) is 49.4 Å². The number of rotatable bonds is 3. The maximum Gasteiger partial charge on any atom is 0.245 e. The molecule has 1 N–H and O–H groups in total. The molecule has 2 amide bonds. The Bertz CT molecular complexity index is 346. The molecule has 18 heavy (non-hydrogen) atoms. The summed E-state index contributed by atoms with van der Waals surface area (Å²) in [5, 5.41) is 2.92. The third-order valence-corrected chi connectivity index (χ3v) is 4.55. The molecule has 3 fully saturated rings. The van der Waals surface area contributed by atoms with Crippen LogP contribution in [0.4, 0.5) is 0 Å². The lowest BCUT2D eigenvalue weighted by molar-refractivity contribution is -0.134. The standard InChI is InChI=1S/C14H22N2O2/c17-12-7-8-16(9-10-3-1-2-4-10)14(18)13(15-12)11-5-6-11/h10-11,13H,1-9H2,(H,15,17). The van der Waals surface area contributed by atoms with E-state index in [-0.39, 0.29) is 17.9 Å². The van der Waals surface area contributed by atoms with E-state index in [1.165, 1.54) is 25.7 Å². The minimum Gasteiger partial charge on any atom is -0.344 e. The van der Waals surface area contributed by atoms with Crippen molar-refractivity contribution in [2.75, 3.05) is 13.1 Å². The minimum absolute atomic E-state index is 0.0502. The monoisotopic (exact) mass is 250 g/mol. The Kier molecular flexibility index (Phi) is 3.27. The Morgan fingerprint density at radius 3 is 2.50 bits per heavy atom. The second-order valence-electron chi connectivity index (χ2n) is 6.07. The lowest BCUT2D eigenvalue weighted by Gasteiger charge is -2.26. The van der Waals surface area contributed by atoms with Gasteiger partial charge in [-0.2, -0.15) is 0 Å². The first-order chi connectivity index (χ1) is 8.74. The van der Waals surface area contributed by atoms with Gasteiger partial charge < -0.3 is 10.2 Å². The highest BCUT2D eigenvalue weighted by Crippen LogP contribution is 2.34. The summed E-state index contributed by atoms with van der Waals surface area (Å²) in [5.74, 6) is 1.30. The van der Waals surface area contributed by atoms with Gasteiger partial charge in [-0.3, -0.25) is 9.59 Å². The Balaban J connectivity index is 1.67. The molecular formula is C14H22N2O2. The number of carbonyl (C=O) groups is 2. The second-order valence-corrected chi connectivity index (χ2v) is 6.07. The van der Waals surface area contributed by atoms with Crippen LogP contribution < -0.4 is 5.32 Å². The lowest BCUT2D eigenvalue weighted by Crippen LogP contribution is -2.47. The Labute approximate surface area is 108 Å². The highest BCUT2D eigenvalue weighted by Gasteiger charge is 2.41. The third kappa shape index (κ3) is 2.52. The molecule has 3 rings (SSSR count). The summed E-state index contributed by atoms with van der Waals surface area (Å²) in [7, 11) is 0. The molecule has 4 nitrogen and oxygen atoms in total. The number of hydrogen-bond acceptors (Lipinski definition) is 2. The molecule has 0 aromatic rings. The normalized spacial score (nSPS) is 30.4. The number of nitrogens with zero attached hydrogens (tertiary/aromatic N) is 1. The van der Waals surface area contributed by atoms with Gasteiger partial charge in [0.2, 0.25) is 11.8 Å². The summed E-state index contributed by atoms with van der Waals surface area (Å²) >= 11 is 0. The average Bonchev–Trinajstić information content (AvgIpc) is 3.09. The van der Waals surface area contributed by atoms with Gasteiger partial charge in [0, 0.05) is 19.5 Å². The van der Waals surface area contributed by atoms with Crippen molar-refractivity contribution >= 4 is 11.8 Å². The van der Waals surface area contributed by atoms with Crippen molar-refractivity contribution in [1.29, 1.82) is 0 Å². The Hall–Kier alpha value is -1.06. The second kappa shape index (κ2) is 4.90. The van der Waals surface area contributed by atoms with E-state index in [2.05, 4.69) is 5.32 Å². The van der Waals surface area contributed by atoms with Crippen molar-refractivity contribution in [2.45, 2.75) is 51.0 Å². The van der Waals surface area contributed by atoms with Crippen LogP contribution in [0, 0.1) is 11.8 Å². The van der Waals surface area contributed by atoms with Crippen LogP contribution in [-0.2, 0) is 9.59 Å². The summed E-state index contributed by atoms with van der Waals surface area (Å²) < 4.78 is 0. The van der Waals surface area contributed by atoms with Crippen LogP contribution in [0.2, 0.25) is 0 Å². The predicted octanol–water partition coefficient (Wildman–Crippen LogP) is 1.30. The van der Waals surface area contributed by atoms with Crippen molar-refractivity contribution in [3.05, 3.63) is 0 Å². The Morgan fingerprint density at radius 2 is 1.83 bits per heavy atom. The molecule has 0 bridgehead atoms. The molecule has 1 aliphatic heterocycles. The van der Waals surface area contributed by atoms with Crippen LogP contribution in [0.3, 0.4) is 0 Å². The van der Waals surface area contributed by atoms with Crippen LogP contribution in [0.15, 0.2) is 0 Å². The van der Waals surface area contributed by atoms with Crippen molar-refractivity contribution in [3.63, 3.8) is 0 Å². The number of nitrogens with one attached hydrogen (secondary N) is 1. The first-order valence-electron chi connectivity index (χ1n) is 7.32. The first-order valence-corrected chi connectivity index (χ1v) is 7.32. The van der Waals surface area contributed by atoms with E-state index < -0.39 is 0 Å². The largest absolute Gasteiger partial charge is 0.344 e. The molecule has 2 saturated carbocycles. The van der Waals surface area contributed by atoms with E-state index >= 15 is 0 Å². The molecule has 3 aliphatic rings. The van der Waals surface area contributed by atoms with Gasteiger partial charge >= 0.3 is 0 Å². The smallest absolute Gasteiger partial charge is 0.245 e. The highest BCUT2D eigenvalue weighted by molar-refractivity contribution is 5.90. The quantitative estimate of drug-likeness (QED) is 0.821. The van der Waals surface area contributed by atoms with Gasteiger partial charge in [0.25, 0.3) is 0 Å². The van der Waals surface area contributed by atoms with Gasteiger partial charge in [0.15, 0.2) is 0 Å². The van der Waals surface area contributed by atoms with Crippen LogP contribution in [0.5, 0.6) is 0 Å². The maximum absolute atomic E-state index is 12.5. The SMILES string of the molecule is O=C1CCN(CC2CCCC2)C(=O)C(C2CC2)N1. The lowest BCUT2D eigenvalue weighted by atomic mass is 10.1. The van der Waals surface area contributed by atoms with Gasteiger partial charge in [0.05, 0.1) is 0 Å². The van der Waals surface area contributed by atoms with Gasteiger partial charge in [-0.1, -0.05) is 12.8 Å². The van der Waals surface area contributed by atoms with Crippen molar-refractivity contribution < 1.29 is 9.59 Å². The van der Waals surface area contributed by atoms with Gasteiger partial charge in [-0.25, -0.2) is 0 Å². The molecule has 0 aromatic carbocycles. The fourth-order valence-electron chi connectivity index (χ4n) is 3.29. The first kappa shape index (κ1) is 12.0. The molecule has 1 atom stereocenters. The fraction of sp³-hybridized carbons (Fsp3) is 0.857. The summed E-state index contributed by atoms with van der Waals surface area (Å²) in [6, 6.07) is -0.221. The van der Waals surface area contributed by atoms with Crippen molar-refractivity contribution in [2.24, 2.45) is 11.8 Å². The van der Waals surface area contributed by atoms with Gasteiger partial charge in [0.1, 0.15) is 6.04 Å². The molecule has 2 aliphatic carbocycles.